The van der Waals surface area contributed by atoms with Crippen LogP contribution in [0.25, 0.3) is 0 Å². The number of nitrogens with one attached hydrogen (secondary N) is 1. The number of benzene rings is 3. The molecule has 0 unspecified atom stereocenters. The van der Waals surface area contributed by atoms with E-state index in [9.17, 15) is 31.1 Å². The van der Waals surface area contributed by atoms with E-state index in [1.165, 1.54) is 18.2 Å². The van der Waals surface area contributed by atoms with Crippen LogP contribution in [-0.2, 0) is 24.3 Å². The first-order valence-electron chi connectivity index (χ1n) is 11.0. The third kappa shape index (κ3) is 5.68. The van der Waals surface area contributed by atoms with Gasteiger partial charge in [-0.2, -0.15) is 26.3 Å². The van der Waals surface area contributed by atoms with Crippen molar-refractivity contribution < 1.29 is 35.7 Å². The first-order valence-corrected chi connectivity index (χ1v) is 11.0. The van der Waals surface area contributed by atoms with Crippen molar-refractivity contribution >= 4 is 5.91 Å². The van der Waals surface area contributed by atoms with Crippen molar-refractivity contribution in [1.82, 2.24) is 10.5 Å². The molecule has 0 bridgehead atoms. The molecule has 1 N–H and O–H groups in total. The maximum atomic E-state index is 13.7. The summed E-state index contributed by atoms with van der Waals surface area (Å²) >= 11 is 0. The highest BCUT2D eigenvalue weighted by Crippen LogP contribution is 2.40. The maximum Gasteiger partial charge on any atom is 0.416 e. The Bertz CT molecular complexity index is 1340. The Morgan fingerprint density at radius 1 is 0.757 bits per heavy atom. The van der Waals surface area contributed by atoms with Crippen LogP contribution in [0.5, 0.6) is 0 Å². The van der Waals surface area contributed by atoms with Crippen LogP contribution in [0.4, 0.5) is 26.3 Å². The van der Waals surface area contributed by atoms with Crippen molar-refractivity contribution in [3.63, 3.8) is 0 Å². The number of alkyl halides is 6. The number of halogens is 6. The minimum atomic E-state index is -4.73. The molecule has 4 aromatic rings. The van der Waals surface area contributed by atoms with Gasteiger partial charge in [0.15, 0.2) is 5.69 Å². The molecule has 0 saturated carbocycles. The van der Waals surface area contributed by atoms with E-state index in [1.807, 2.05) is 0 Å². The molecule has 0 atom stereocenters. The molecular formula is C27H20F6N2O2. The van der Waals surface area contributed by atoms with Crippen LogP contribution in [-0.4, -0.2) is 11.1 Å². The second-order valence-electron chi connectivity index (χ2n) is 8.50. The Morgan fingerprint density at radius 3 is 1.73 bits per heavy atom. The molecule has 192 valence electrons. The summed E-state index contributed by atoms with van der Waals surface area (Å²) in [7, 11) is 0. The smallest absolute Gasteiger partial charge is 0.361 e. The molecule has 0 aliphatic carbocycles. The van der Waals surface area contributed by atoms with E-state index in [2.05, 4.69) is 10.5 Å². The molecule has 0 radical (unpaired) electrons. The van der Waals surface area contributed by atoms with Crippen molar-refractivity contribution in [2.75, 3.05) is 0 Å². The van der Waals surface area contributed by atoms with E-state index in [0.29, 0.717) is 11.3 Å². The molecular weight excluding hydrogens is 498 g/mol. The fourth-order valence-corrected chi connectivity index (χ4v) is 4.11. The first kappa shape index (κ1) is 26.0. The molecule has 0 fully saturated rings. The van der Waals surface area contributed by atoms with E-state index in [0.717, 1.165) is 36.4 Å². The summed E-state index contributed by atoms with van der Waals surface area (Å²) < 4.78 is 87.0. The summed E-state index contributed by atoms with van der Waals surface area (Å²) in [5.74, 6) is -0.528. The Kier molecular flexibility index (Phi) is 6.86. The van der Waals surface area contributed by atoms with Gasteiger partial charge in [0.1, 0.15) is 5.76 Å². The molecule has 0 saturated heterocycles. The van der Waals surface area contributed by atoms with E-state index in [1.54, 1.807) is 37.3 Å². The quantitative estimate of drug-likeness (QED) is 0.282. The number of hydrogen-bond acceptors (Lipinski definition) is 3. The number of carbonyl (C=O) groups is 1. The van der Waals surface area contributed by atoms with E-state index < -0.39 is 34.9 Å². The number of carbonyl (C=O) groups excluding carboxylic acids is 1. The first-order chi connectivity index (χ1) is 17.4. The summed E-state index contributed by atoms with van der Waals surface area (Å²) in [5.41, 5.74) is -3.59. The highest BCUT2D eigenvalue weighted by atomic mass is 19.4. The predicted octanol–water partition coefficient (Wildman–Crippen LogP) is 6.94. The average molecular weight is 518 g/mol. The lowest BCUT2D eigenvalue weighted by Gasteiger charge is -2.37. The van der Waals surface area contributed by atoms with Crippen LogP contribution < -0.4 is 5.32 Å². The van der Waals surface area contributed by atoms with Gasteiger partial charge in [0.25, 0.3) is 5.91 Å². The average Bonchev–Trinajstić information content (AvgIpc) is 3.30. The molecule has 4 nitrogen and oxygen atoms in total. The summed E-state index contributed by atoms with van der Waals surface area (Å²) in [5, 5.41) is 6.36. The van der Waals surface area contributed by atoms with Gasteiger partial charge in [-0.15, -0.1) is 0 Å². The lowest BCUT2D eigenvalue weighted by atomic mass is 9.76. The van der Waals surface area contributed by atoms with Gasteiger partial charge in [0, 0.05) is 12.5 Å². The molecule has 0 spiro atoms. The van der Waals surface area contributed by atoms with Crippen molar-refractivity contribution in [1.29, 1.82) is 0 Å². The van der Waals surface area contributed by atoms with Gasteiger partial charge < -0.3 is 9.84 Å². The maximum absolute atomic E-state index is 13.7. The molecule has 0 aliphatic heterocycles. The van der Waals surface area contributed by atoms with Crippen molar-refractivity contribution in [2.45, 2.75) is 31.2 Å². The number of nitrogens with zero attached hydrogens (tertiary/aromatic N) is 1. The fraction of sp³-hybridized carbons (Fsp3) is 0.185. The van der Waals surface area contributed by atoms with Gasteiger partial charge in [0.05, 0.1) is 16.7 Å². The molecule has 1 aromatic heterocycles. The topological polar surface area (TPSA) is 55.1 Å². The molecule has 1 heterocycles. The molecule has 4 rings (SSSR count). The molecule has 3 aromatic carbocycles. The predicted molar refractivity (Wildman–Crippen MR) is 123 cm³/mol. The second-order valence-corrected chi connectivity index (χ2v) is 8.50. The Balaban J connectivity index is 1.99. The normalized spacial score (nSPS) is 12.4. The molecule has 10 heteroatoms. The van der Waals surface area contributed by atoms with Crippen molar-refractivity contribution in [2.24, 2.45) is 0 Å². The summed E-state index contributed by atoms with van der Waals surface area (Å²) in [6, 6.07) is 18.1. The van der Waals surface area contributed by atoms with Gasteiger partial charge in [-0.05, 0) is 47.9 Å². The van der Waals surface area contributed by atoms with E-state index >= 15 is 0 Å². The molecule has 37 heavy (non-hydrogen) atoms. The lowest BCUT2D eigenvalue weighted by Crippen LogP contribution is -2.49. The number of rotatable bonds is 6. The molecule has 1 amide bonds. The van der Waals surface area contributed by atoms with Crippen LogP contribution in [0.15, 0.2) is 89.5 Å². The van der Waals surface area contributed by atoms with Crippen molar-refractivity contribution in [3.8, 4) is 0 Å². The minimum Gasteiger partial charge on any atom is -0.361 e. The Labute approximate surface area is 207 Å². The largest absolute Gasteiger partial charge is 0.416 e. The van der Waals surface area contributed by atoms with Crippen LogP contribution >= 0.6 is 0 Å². The number of amides is 1. The van der Waals surface area contributed by atoms with Crippen LogP contribution in [0.1, 0.15) is 44.1 Å². The third-order valence-corrected chi connectivity index (χ3v) is 5.87. The van der Waals surface area contributed by atoms with Crippen LogP contribution in [0.2, 0.25) is 0 Å². The van der Waals surface area contributed by atoms with Crippen molar-refractivity contribution in [3.05, 3.63) is 124 Å². The fourth-order valence-electron chi connectivity index (χ4n) is 4.11. The van der Waals surface area contributed by atoms with Crippen LogP contribution in [0, 0.1) is 6.92 Å². The summed E-state index contributed by atoms with van der Waals surface area (Å²) in [6.45, 7) is 1.54. The van der Waals surface area contributed by atoms with Gasteiger partial charge in [-0.1, -0.05) is 59.8 Å². The zero-order valence-corrected chi connectivity index (χ0v) is 19.3. The third-order valence-electron chi connectivity index (χ3n) is 5.87. The van der Waals surface area contributed by atoms with Crippen LogP contribution in [0.3, 0.4) is 0 Å². The number of aryl methyl sites for hydroxylation is 1. The van der Waals surface area contributed by atoms with Gasteiger partial charge >= 0.3 is 12.4 Å². The van der Waals surface area contributed by atoms with Gasteiger partial charge in [-0.3, -0.25) is 4.79 Å². The van der Waals surface area contributed by atoms with Gasteiger partial charge in [-0.25, -0.2) is 0 Å². The minimum absolute atomic E-state index is 0.0564. The number of hydrogen-bond donors (Lipinski definition) is 1. The van der Waals surface area contributed by atoms with Gasteiger partial charge in [0.2, 0.25) is 0 Å². The van der Waals surface area contributed by atoms with E-state index in [4.69, 9.17) is 4.52 Å². The Hall–Kier alpha value is -4.08. The number of aromatic nitrogens is 1. The highest BCUT2D eigenvalue weighted by molar-refractivity contribution is 5.93. The zero-order valence-electron chi connectivity index (χ0n) is 19.3. The SMILES string of the molecule is Cc1cc(C(=O)NC(Cc2ccccc2)(c2cccc(C(F)(F)F)c2)c2cccc(C(F)(F)F)c2)no1. The highest BCUT2D eigenvalue weighted by Gasteiger charge is 2.41. The summed E-state index contributed by atoms with van der Waals surface area (Å²) in [6.07, 6.45) is -9.61. The standard InChI is InChI=1S/C27H20F6N2O2/c1-17-13-23(35-37-17)24(36)34-25(16-18-7-3-2-4-8-18,19-9-5-11-21(14-19)26(28,29)30)20-10-6-12-22(15-20)27(31,32)33/h2-15H,16H2,1H3,(H,34,36). The summed E-state index contributed by atoms with van der Waals surface area (Å²) in [4.78, 5) is 13.3. The second kappa shape index (κ2) is 9.76. The zero-order chi connectivity index (χ0) is 26.8. The monoisotopic (exact) mass is 518 g/mol. The lowest BCUT2D eigenvalue weighted by molar-refractivity contribution is -0.138. The van der Waals surface area contributed by atoms with E-state index in [-0.39, 0.29) is 23.2 Å². The molecule has 0 aliphatic rings. The Morgan fingerprint density at radius 2 is 1.27 bits per heavy atom.